The summed E-state index contributed by atoms with van der Waals surface area (Å²) >= 11 is 0. The van der Waals surface area contributed by atoms with Crippen molar-refractivity contribution in [2.45, 2.75) is 44.2 Å². The van der Waals surface area contributed by atoms with Gasteiger partial charge in [-0.25, -0.2) is 0 Å². The number of hydrogen-bond acceptors (Lipinski definition) is 3. The summed E-state index contributed by atoms with van der Waals surface area (Å²) in [4.78, 5) is 0. The van der Waals surface area contributed by atoms with Crippen molar-refractivity contribution in [1.82, 2.24) is 5.32 Å². The first-order valence-electron chi connectivity index (χ1n) is 7.67. The Balaban J connectivity index is 1.47. The fourth-order valence-electron chi connectivity index (χ4n) is 3.11. The number of ether oxygens (including phenoxy) is 1. The minimum absolute atomic E-state index is 0.451. The molecule has 2 aromatic rings. The SMILES string of the molecule is COc1cccc(C2CC(NC(C)Cc3ccco3)C2)c1. The van der Waals surface area contributed by atoms with E-state index in [1.807, 2.05) is 18.2 Å². The fourth-order valence-corrected chi connectivity index (χ4v) is 3.11. The molecule has 112 valence electrons. The number of rotatable bonds is 6. The molecule has 1 heterocycles. The molecule has 3 heteroatoms. The van der Waals surface area contributed by atoms with Gasteiger partial charge in [0.25, 0.3) is 0 Å². The first-order valence-corrected chi connectivity index (χ1v) is 7.67. The molecule has 0 saturated heterocycles. The lowest BCUT2D eigenvalue weighted by molar-refractivity contribution is 0.265. The van der Waals surface area contributed by atoms with Gasteiger partial charge in [0.05, 0.1) is 13.4 Å². The fraction of sp³-hybridized carbons (Fsp3) is 0.444. The summed E-state index contributed by atoms with van der Waals surface area (Å²) in [6, 6.07) is 13.5. The van der Waals surface area contributed by atoms with E-state index < -0.39 is 0 Å². The van der Waals surface area contributed by atoms with Crippen molar-refractivity contribution in [2.24, 2.45) is 0 Å². The van der Waals surface area contributed by atoms with Gasteiger partial charge in [0.1, 0.15) is 11.5 Å². The summed E-state index contributed by atoms with van der Waals surface area (Å²) in [5.41, 5.74) is 1.39. The Kier molecular flexibility index (Phi) is 4.30. The summed E-state index contributed by atoms with van der Waals surface area (Å²) in [6.45, 7) is 2.22. The van der Waals surface area contributed by atoms with Gasteiger partial charge in [-0.05, 0) is 55.5 Å². The maximum atomic E-state index is 5.40. The van der Waals surface area contributed by atoms with Crippen LogP contribution in [0.3, 0.4) is 0 Å². The lowest BCUT2D eigenvalue weighted by atomic mass is 9.75. The second-order valence-electron chi connectivity index (χ2n) is 5.99. The number of nitrogens with one attached hydrogen (secondary N) is 1. The van der Waals surface area contributed by atoms with Crippen LogP contribution in [0.2, 0.25) is 0 Å². The molecule has 1 aromatic carbocycles. The Morgan fingerprint density at radius 3 is 2.86 bits per heavy atom. The van der Waals surface area contributed by atoms with Gasteiger partial charge in [-0.1, -0.05) is 12.1 Å². The van der Waals surface area contributed by atoms with Crippen molar-refractivity contribution in [3.05, 3.63) is 54.0 Å². The molecule has 0 bridgehead atoms. The molecule has 1 aliphatic carbocycles. The van der Waals surface area contributed by atoms with E-state index in [9.17, 15) is 0 Å². The van der Waals surface area contributed by atoms with E-state index in [2.05, 4.69) is 30.4 Å². The zero-order valence-electron chi connectivity index (χ0n) is 12.7. The summed E-state index contributed by atoms with van der Waals surface area (Å²) in [7, 11) is 1.72. The lowest BCUT2D eigenvalue weighted by Crippen LogP contribution is -2.45. The maximum absolute atomic E-state index is 5.40. The molecule has 1 atom stereocenters. The van der Waals surface area contributed by atoms with Gasteiger partial charge in [-0.3, -0.25) is 0 Å². The van der Waals surface area contributed by atoms with Crippen LogP contribution in [0.5, 0.6) is 5.75 Å². The normalized spacial score (nSPS) is 22.6. The Morgan fingerprint density at radius 1 is 1.29 bits per heavy atom. The standard InChI is InChI=1S/C18H23NO2/c1-13(9-18-7-4-8-21-18)19-16-10-15(11-16)14-5-3-6-17(12-14)20-2/h3-8,12-13,15-16,19H,9-11H2,1-2H3. The van der Waals surface area contributed by atoms with E-state index >= 15 is 0 Å². The molecule has 1 aromatic heterocycles. The average molecular weight is 285 g/mol. The van der Waals surface area contributed by atoms with Crippen LogP contribution in [0.4, 0.5) is 0 Å². The molecule has 0 radical (unpaired) electrons. The molecule has 0 aliphatic heterocycles. The van der Waals surface area contributed by atoms with Gasteiger partial charge in [-0.15, -0.1) is 0 Å². The van der Waals surface area contributed by atoms with Crippen molar-refractivity contribution >= 4 is 0 Å². The van der Waals surface area contributed by atoms with Crippen molar-refractivity contribution < 1.29 is 9.15 Å². The van der Waals surface area contributed by atoms with Crippen molar-refractivity contribution in [2.75, 3.05) is 7.11 Å². The third-order valence-electron chi connectivity index (χ3n) is 4.31. The van der Waals surface area contributed by atoms with E-state index in [1.54, 1.807) is 13.4 Å². The summed E-state index contributed by atoms with van der Waals surface area (Å²) < 4.78 is 10.7. The van der Waals surface area contributed by atoms with Gasteiger partial charge in [0, 0.05) is 18.5 Å². The van der Waals surface area contributed by atoms with Gasteiger partial charge in [0.2, 0.25) is 0 Å². The maximum Gasteiger partial charge on any atom is 0.119 e. The number of benzene rings is 1. The predicted molar refractivity (Wildman–Crippen MR) is 83.8 cm³/mol. The zero-order chi connectivity index (χ0) is 14.7. The molecule has 0 spiro atoms. The van der Waals surface area contributed by atoms with Crippen molar-refractivity contribution in [3.8, 4) is 5.75 Å². The average Bonchev–Trinajstić information content (AvgIpc) is 2.95. The highest BCUT2D eigenvalue weighted by Crippen LogP contribution is 2.38. The monoisotopic (exact) mass is 285 g/mol. The molecular weight excluding hydrogens is 262 g/mol. The summed E-state index contributed by atoms with van der Waals surface area (Å²) in [6.07, 6.45) is 5.10. The predicted octanol–water partition coefficient (Wildman–Crippen LogP) is 3.76. The van der Waals surface area contributed by atoms with Crippen molar-refractivity contribution in [1.29, 1.82) is 0 Å². The Labute approximate surface area is 126 Å². The molecule has 1 saturated carbocycles. The van der Waals surface area contributed by atoms with Crippen LogP contribution < -0.4 is 10.1 Å². The van der Waals surface area contributed by atoms with E-state index in [1.165, 1.54) is 18.4 Å². The highest BCUT2D eigenvalue weighted by molar-refractivity contribution is 5.32. The molecule has 1 N–H and O–H groups in total. The van der Waals surface area contributed by atoms with E-state index in [0.717, 1.165) is 17.9 Å². The Bertz CT molecular complexity index is 558. The third kappa shape index (κ3) is 3.48. The molecule has 3 nitrogen and oxygen atoms in total. The first kappa shape index (κ1) is 14.2. The van der Waals surface area contributed by atoms with E-state index in [-0.39, 0.29) is 0 Å². The van der Waals surface area contributed by atoms with Crippen LogP contribution in [0.15, 0.2) is 47.1 Å². The third-order valence-corrected chi connectivity index (χ3v) is 4.31. The van der Waals surface area contributed by atoms with Gasteiger partial charge in [-0.2, -0.15) is 0 Å². The molecule has 1 fully saturated rings. The molecular formula is C18H23NO2. The highest BCUT2D eigenvalue weighted by atomic mass is 16.5. The van der Waals surface area contributed by atoms with Crippen LogP contribution in [-0.4, -0.2) is 19.2 Å². The topological polar surface area (TPSA) is 34.4 Å². The number of methoxy groups -OCH3 is 1. The largest absolute Gasteiger partial charge is 0.497 e. The van der Waals surface area contributed by atoms with Crippen LogP contribution in [0.1, 0.15) is 37.0 Å². The van der Waals surface area contributed by atoms with Crippen molar-refractivity contribution in [3.63, 3.8) is 0 Å². The van der Waals surface area contributed by atoms with Gasteiger partial charge in [0.15, 0.2) is 0 Å². The van der Waals surface area contributed by atoms with Crippen LogP contribution in [0, 0.1) is 0 Å². The van der Waals surface area contributed by atoms with Crippen LogP contribution in [0.25, 0.3) is 0 Å². The van der Waals surface area contributed by atoms with E-state index in [4.69, 9.17) is 9.15 Å². The highest BCUT2D eigenvalue weighted by Gasteiger charge is 2.31. The second kappa shape index (κ2) is 6.35. The van der Waals surface area contributed by atoms with E-state index in [0.29, 0.717) is 18.0 Å². The lowest BCUT2D eigenvalue weighted by Gasteiger charge is -2.38. The molecule has 0 amide bonds. The molecule has 21 heavy (non-hydrogen) atoms. The molecule has 1 unspecified atom stereocenters. The first-order chi connectivity index (χ1) is 10.2. The summed E-state index contributed by atoms with van der Waals surface area (Å²) in [5.74, 6) is 2.67. The minimum atomic E-state index is 0.451. The molecule has 3 rings (SSSR count). The second-order valence-corrected chi connectivity index (χ2v) is 5.99. The molecule has 1 aliphatic rings. The zero-order valence-corrected chi connectivity index (χ0v) is 12.7. The Hall–Kier alpha value is -1.74. The van der Waals surface area contributed by atoms with Gasteiger partial charge >= 0.3 is 0 Å². The smallest absolute Gasteiger partial charge is 0.119 e. The minimum Gasteiger partial charge on any atom is -0.497 e. The van der Waals surface area contributed by atoms with Crippen LogP contribution >= 0.6 is 0 Å². The van der Waals surface area contributed by atoms with Gasteiger partial charge < -0.3 is 14.5 Å². The Morgan fingerprint density at radius 2 is 2.14 bits per heavy atom. The van der Waals surface area contributed by atoms with Crippen LogP contribution in [-0.2, 0) is 6.42 Å². The number of hydrogen-bond donors (Lipinski definition) is 1. The summed E-state index contributed by atoms with van der Waals surface area (Å²) in [5, 5.41) is 3.69. The number of furan rings is 1. The quantitative estimate of drug-likeness (QED) is 0.877.